The van der Waals surface area contributed by atoms with Crippen molar-refractivity contribution in [2.75, 3.05) is 18.0 Å². The molecule has 4 aromatic rings. The van der Waals surface area contributed by atoms with Crippen LogP contribution < -0.4 is 15.0 Å². The van der Waals surface area contributed by atoms with Crippen LogP contribution in [-0.4, -0.2) is 39.7 Å². The summed E-state index contributed by atoms with van der Waals surface area (Å²) in [5.74, 6) is -0.376. The molecule has 1 aliphatic rings. The van der Waals surface area contributed by atoms with Gasteiger partial charge in [-0.25, -0.2) is 14.4 Å². The molecule has 1 fully saturated rings. The minimum Gasteiger partial charge on any atom is -0.404 e. The lowest BCUT2D eigenvalue weighted by atomic mass is 9.89. The van der Waals surface area contributed by atoms with Crippen LogP contribution in [0.4, 0.5) is 23.4 Å². The number of carbonyl (C=O) groups excluding carboxylic acids is 1. The van der Waals surface area contributed by atoms with Crippen LogP contribution in [0.1, 0.15) is 51.6 Å². The van der Waals surface area contributed by atoms with Gasteiger partial charge in [0.1, 0.15) is 28.7 Å². The number of aromatic nitrogens is 3. The Morgan fingerprint density at radius 1 is 1.10 bits per heavy atom. The number of amides is 1. The number of aryl methyl sites for hydroxylation is 2. The second kappa shape index (κ2) is 10.5. The van der Waals surface area contributed by atoms with Crippen LogP contribution >= 0.6 is 0 Å². The fourth-order valence-electron chi connectivity index (χ4n) is 4.95. The van der Waals surface area contributed by atoms with Gasteiger partial charge in [0.05, 0.1) is 11.9 Å². The van der Waals surface area contributed by atoms with Crippen LogP contribution in [0.3, 0.4) is 0 Å². The highest BCUT2D eigenvalue weighted by Crippen LogP contribution is 2.31. The number of imidazole rings is 1. The minimum atomic E-state index is -4.76. The Morgan fingerprint density at radius 2 is 1.87 bits per heavy atom. The maximum Gasteiger partial charge on any atom is 0.573 e. The third-order valence-electron chi connectivity index (χ3n) is 6.93. The molecule has 1 aliphatic heterocycles. The first-order chi connectivity index (χ1) is 18.6. The molecule has 1 N–H and O–H groups in total. The van der Waals surface area contributed by atoms with E-state index in [9.17, 15) is 22.4 Å². The van der Waals surface area contributed by atoms with Crippen molar-refractivity contribution in [3.05, 3.63) is 88.8 Å². The fraction of sp³-hybridized carbons (Fsp3) is 0.321. The van der Waals surface area contributed by atoms with Gasteiger partial charge in [-0.05, 0) is 74.1 Å². The molecule has 0 atom stereocenters. The van der Waals surface area contributed by atoms with Gasteiger partial charge in [-0.1, -0.05) is 12.1 Å². The number of anilines is 1. The van der Waals surface area contributed by atoms with Crippen molar-refractivity contribution in [2.24, 2.45) is 0 Å². The molecule has 204 valence electrons. The van der Waals surface area contributed by atoms with E-state index in [2.05, 4.69) is 20.0 Å². The number of nitrogens with zero attached hydrogens (tertiary/aromatic N) is 4. The number of benzene rings is 1. The van der Waals surface area contributed by atoms with Gasteiger partial charge in [0.25, 0.3) is 5.91 Å². The number of rotatable bonds is 6. The normalized spacial score (nSPS) is 14.6. The Hall–Kier alpha value is -4.15. The Morgan fingerprint density at radius 3 is 2.54 bits per heavy atom. The van der Waals surface area contributed by atoms with Crippen LogP contribution in [0.25, 0.3) is 5.65 Å². The van der Waals surface area contributed by atoms with Crippen molar-refractivity contribution in [3.63, 3.8) is 0 Å². The predicted octanol–water partition coefficient (Wildman–Crippen LogP) is 5.70. The topological polar surface area (TPSA) is 71.8 Å². The fourth-order valence-corrected chi connectivity index (χ4v) is 4.95. The number of ether oxygens (including phenoxy) is 1. The lowest BCUT2D eigenvalue weighted by molar-refractivity contribution is -0.274. The number of piperidine rings is 1. The molecule has 1 saturated heterocycles. The highest BCUT2D eigenvalue weighted by Gasteiger charge is 2.31. The monoisotopic (exact) mass is 541 g/mol. The van der Waals surface area contributed by atoms with E-state index in [-0.39, 0.29) is 29.9 Å². The minimum absolute atomic E-state index is 0.0433. The lowest BCUT2D eigenvalue weighted by Gasteiger charge is -2.33. The maximum atomic E-state index is 15.0. The molecule has 1 aromatic carbocycles. The largest absolute Gasteiger partial charge is 0.573 e. The quantitative estimate of drug-likeness (QED) is 0.317. The van der Waals surface area contributed by atoms with Crippen molar-refractivity contribution in [1.82, 2.24) is 19.7 Å². The Bertz CT molecular complexity index is 1490. The van der Waals surface area contributed by atoms with E-state index in [0.29, 0.717) is 41.5 Å². The number of alkyl halides is 3. The number of nitrogens with one attached hydrogen (secondary N) is 1. The molecule has 0 saturated carbocycles. The molecule has 0 aliphatic carbocycles. The first-order valence-corrected chi connectivity index (χ1v) is 12.6. The lowest BCUT2D eigenvalue weighted by Crippen LogP contribution is -2.33. The van der Waals surface area contributed by atoms with Gasteiger partial charge in [-0.3, -0.25) is 9.20 Å². The van der Waals surface area contributed by atoms with Crippen molar-refractivity contribution in [3.8, 4) is 5.75 Å². The number of fused-ring (bicyclic) bond motifs is 1. The Labute approximate surface area is 222 Å². The molecule has 4 heterocycles. The molecule has 7 nitrogen and oxygen atoms in total. The van der Waals surface area contributed by atoms with Gasteiger partial charge in [-0.15, -0.1) is 13.2 Å². The SMILES string of the molecule is Cc1ccn2c(C(=O)NCc3ccc(C4CCN(c5ccc(OC(F)(F)F)cn5)CC4)cc3F)c(C)nc2c1. The summed E-state index contributed by atoms with van der Waals surface area (Å²) in [4.78, 5) is 23.4. The third kappa shape index (κ3) is 5.97. The Kier molecular flexibility index (Phi) is 7.16. The van der Waals surface area contributed by atoms with Crippen LogP contribution in [0.15, 0.2) is 54.9 Å². The first kappa shape index (κ1) is 26.5. The molecule has 1 amide bonds. The van der Waals surface area contributed by atoms with E-state index >= 15 is 0 Å². The van der Waals surface area contributed by atoms with Crippen LogP contribution in [0.5, 0.6) is 5.75 Å². The molecule has 0 spiro atoms. The second-order valence-corrected chi connectivity index (χ2v) is 9.67. The molecular weight excluding hydrogens is 514 g/mol. The number of hydrogen-bond acceptors (Lipinski definition) is 5. The van der Waals surface area contributed by atoms with Crippen molar-refractivity contribution in [2.45, 2.75) is 45.5 Å². The van der Waals surface area contributed by atoms with Crippen molar-refractivity contribution >= 4 is 17.4 Å². The second-order valence-electron chi connectivity index (χ2n) is 9.67. The number of halogens is 4. The standard InChI is InChI=1S/C28H27F4N5O2/c1-17-7-12-37-25(13-17)35-18(2)26(37)27(38)34-15-21-4-3-20(14-23(21)29)19-8-10-36(11-9-19)24-6-5-22(16-33-24)39-28(30,31)32/h3-7,12-14,16,19H,8-11,15H2,1-2H3,(H,34,38). The van der Waals surface area contributed by atoms with Gasteiger partial charge < -0.3 is 15.0 Å². The molecule has 39 heavy (non-hydrogen) atoms. The van der Waals surface area contributed by atoms with Crippen molar-refractivity contribution in [1.29, 1.82) is 0 Å². The summed E-state index contributed by atoms with van der Waals surface area (Å²) in [5, 5.41) is 2.80. The number of pyridine rings is 2. The van der Waals surface area contributed by atoms with E-state index in [1.165, 1.54) is 18.2 Å². The molecular formula is C28H27F4N5O2. The first-order valence-electron chi connectivity index (χ1n) is 12.6. The average Bonchev–Trinajstić information content (AvgIpc) is 3.22. The third-order valence-corrected chi connectivity index (χ3v) is 6.93. The summed E-state index contributed by atoms with van der Waals surface area (Å²) < 4.78 is 57.7. The van der Waals surface area contributed by atoms with Gasteiger partial charge in [0.15, 0.2) is 0 Å². The van der Waals surface area contributed by atoms with Crippen LogP contribution in [0.2, 0.25) is 0 Å². The van der Waals surface area contributed by atoms with E-state index in [1.54, 1.807) is 23.6 Å². The summed E-state index contributed by atoms with van der Waals surface area (Å²) in [5.41, 5.74) is 4.00. The molecule has 3 aromatic heterocycles. The van der Waals surface area contributed by atoms with Crippen LogP contribution in [-0.2, 0) is 6.54 Å². The highest BCUT2D eigenvalue weighted by molar-refractivity contribution is 5.94. The highest BCUT2D eigenvalue weighted by atomic mass is 19.4. The van der Waals surface area contributed by atoms with E-state index < -0.39 is 6.36 Å². The Balaban J connectivity index is 1.18. The number of hydrogen-bond donors (Lipinski definition) is 1. The zero-order valence-electron chi connectivity index (χ0n) is 21.4. The zero-order chi connectivity index (χ0) is 27.7. The van der Waals surface area contributed by atoms with Gasteiger partial charge >= 0.3 is 6.36 Å². The molecule has 5 rings (SSSR count). The molecule has 0 radical (unpaired) electrons. The molecule has 0 unspecified atom stereocenters. The van der Waals surface area contributed by atoms with Gasteiger partial charge in [0, 0.05) is 31.4 Å². The average molecular weight is 542 g/mol. The van der Waals surface area contributed by atoms with Crippen LogP contribution in [0, 0.1) is 19.7 Å². The summed E-state index contributed by atoms with van der Waals surface area (Å²) in [6.07, 6.45) is -0.422. The van der Waals surface area contributed by atoms with Crippen molar-refractivity contribution < 1.29 is 27.1 Å². The van der Waals surface area contributed by atoms with Gasteiger partial charge in [0.2, 0.25) is 0 Å². The van der Waals surface area contributed by atoms with E-state index in [0.717, 1.165) is 30.2 Å². The molecule has 0 bridgehead atoms. The predicted molar refractivity (Wildman–Crippen MR) is 137 cm³/mol. The molecule has 11 heteroatoms. The smallest absolute Gasteiger partial charge is 0.404 e. The maximum absolute atomic E-state index is 15.0. The summed E-state index contributed by atoms with van der Waals surface area (Å²) in [6, 6.07) is 11.6. The summed E-state index contributed by atoms with van der Waals surface area (Å²) in [6.45, 7) is 5.03. The zero-order valence-corrected chi connectivity index (χ0v) is 21.4. The van der Waals surface area contributed by atoms with E-state index in [4.69, 9.17) is 0 Å². The number of carbonyl (C=O) groups is 1. The summed E-state index contributed by atoms with van der Waals surface area (Å²) >= 11 is 0. The van der Waals surface area contributed by atoms with E-state index in [1.807, 2.05) is 30.0 Å². The summed E-state index contributed by atoms with van der Waals surface area (Å²) in [7, 11) is 0. The van der Waals surface area contributed by atoms with Gasteiger partial charge in [-0.2, -0.15) is 0 Å².